The molecule has 0 saturated carbocycles. The fourth-order valence-corrected chi connectivity index (χ4v) is 4.35. The number of likely N-dealkylation sites (tertiary alicyclic amines) is 1. The first-order chi connectivity index (χ1) is 16.1. The van der Waals surface area contributed by atoms with Gasteiger partial charge in [0.2, 0.25) is 11.8 Å². The zero-order valence-corrected chi connectivity index (χ0v) is 19.3. The fourth-order valence-electron chi connectivity index (χ4n) is 4.35. The summed E-state index contributed by atoms with van der Waals surface area (Å²) in [4.78, 5) is 32.0. The van der Waals surface area contributed by atoms with Crippen molar-refractivity contribution in [3.63, 3.8) is 0 Å². The maximum Gasteiger partial charge on any atom is 0.253 e. The van der Waals surface area contributed by atoms with Crippen molar-refractivity contribution in [2.75, 3.05) is 33.4 Å². The van der Waals surface area contributed by atoms with Crippen molar-refractivity contribution in [2.45, 2.75) is 26.2 Å². The molecule has 0 radical (unpaired) electrons. The van der Waals surface area contributed by atoms with Crippen LogP contribution in [0.25, 0.3) is 22.6 Å². The highest BCUT2D eigenvalue weighted by Crippen LogP contribution is 2.28. The van der Waals surface area contributed by atoms with Crippen LogP contribution in [-0.2, 0) is 9.53 Å². The van der Waals surface area contributed by atoms with Crippen molar-refractivity contribution >= 4 is 22.9 Å². The van der Waals surface area contributed by atoms with E-state index < -0.39 is 0 Å². The van der Waals surface area contributed by atoms with Gasteiger partial charge in [-0.25, -0.2) is 4.98 Å². The lowest BCUT2D eigenvalue weighted by molar-refractivity contribution is -0.126. The molecule has 4 rings (SSSR count). The number of hydrogen-bond acceptors (Lipinski definition) is 5. The first-order valence-electron chi connectivity index (χ1n) is 11.6. The smallest absolute Gasteiger partial charge is 0.253 e. The number of oxazole rings is 1. The minimum atomic E-state index is -0.0623. The van der Waals surface area contributed by atoms with E-state index in [0.29, 0.717) is 48.8 Å². The van der Waals surface area contributed by atoms with Gasteiger partial charge in [0.25, 0.3) is 5.91 Å². The third kappa shape index (κ3) is 5.42. The van der Waals surface area contributed by atoms with Crippen molar-refractivity contribution in [2.24, 2.45) is 11.8 Å². The van der Waals surface area contributed by atoms with Crippen LogP contribution in [0.5, 0.6) is 0 Å². The number of aromatic nitrogens is 1. The molecule has 2 aromatic carbocycles. The Hall–Kier alpha value is -3.19. The monoisotopic (exact) mass is 449 g/mol. The summed E-state index contributed by atoms with van der Waals surface area (Å²) in [6.45, 7) is 4.55. The molecule has 1 fully saturated rings. The van der Waals surface area contributed by atoms with Crippen molar-refractivity contribution < 1.29 is 18.7 Å². The van der Waals surface area contributed by atoms with E-state index in [1.165, 1.54) is 0 Å². The second-order valence-corrected chi connectivity index (χ2v) is 8.62. The second-order valence-electron chi connectivity index (χ2n) is 8.62. The van der Waals surface area contributed by atoms with Gasteiger partial charge in [-0.05, 0) is 55.5 Å². The first kappa shape index (κ1) is 23.0. The number of piperidine rings is 1. The normalized spacial score (nSPS) is 15.5. The van der Waals surface area contributed by atoms with E-state index in [0.717, 1.165) is 24.8 Å². The molecule has 7 nitrogen and oxygen atoms in total. The lowest BCUT2D eigenvalue weighted by atomic mass is 9.84. The van der Waals surface area contributed by atoms with E-state index in [9.17, 15) is 9.59 Å². The Balaban J connectivity index is 1.35. The zero-order valence-electron chi connectivity index (χ0n) is 19.3. The van der Waals surface area contributed by atoms with Gasteiger partial charge in [-0.3, -0.25) is 9.59 Å². The molecule has 1 aliphatic rings. The summed E-state index contributed by atoms with van der Waals surface area (Å²) in [6, 6.07) is 15.1. The van der Waals surface area contributed by atoms with Crippen LogP contribution in [0, 0.1) is 11.8 Å². The highest BCUT2D eigenvalue weighted by molar-refractivity contribution is 5.97. The van der Waals surface area contributed by atoms with Gasteiger partial charge in [0.1, 0.15) is 5.52 Å². The molecule has 174 valence electrons. The average molecular weight is 450 g/mol. The standard InChI is InChI=1S/C26H31N3O4/c1-18(24(30)27-13-6-16-32-2)19-11-14-29(15-12-19)26(31)21-9-10-23-22(17-21)28-25(33-23)20-7-4-3-5-8-20/h3-5,7-10,17-19H,6,11-16H2,1-2H3,(H,27,30). The molecular weight excluding hydrogens is 418 g/mol. The summed E-state index contributed by atoms with van der Waals surface area (Å²) in [5, 5.41) is 2.99. The Morgan fingerprint density at radius 1 is 1.18 bits per heavy atom. The van der Waals surface area contributed by atoms with Gasteiger partial charge in [-0.1, -0.05) is 25.1 Å². The Bertz CT molecular complexity index is 1090. The van der Waals surface area contributed by atoms with Crippen LogP contribution in [0.15, 0.2) is 52.9 Å². The maximum atomic E-state index is 13.1. The molecule has 0 bridgehead atoms. The third-order valence-corrected chi connectivity index (χ3v) is 6.43. The number of carbonyl (C=O) groups is 2. The Labute approximate surface area is 194 Å². The van der Waals surface area contributed by atoms with Gasteiger partial charge >= 0.3 is 0 Å². The van der Waals surface area contributed by atoms with Gasteiger partial charge in [0.15, 0.2) is 5.58 Å². The molecule has 1 aromatic heterocycles. The number of methoxy groups -OCH3 is 1. The molecule has 0 spiro atoms. The van der Waals surface area contributed by atoms with Crippen LogP contribution in [0.4, 0.5) is 0 Å². The largest absolute Gasteiger partial charge is 0.436 e. The summed E-state index contributed by atoms with van der Waals surface area (Å²) in [5.41, 5.74) is 2.85. The van der Waals surface area contributed by atoms with Gasteiger partial charge in [0.05, 0.1) is 0 Å². The molecule has 2 heterocycles. The topological polar surface area (TPSA) is 84.7 Å². The maximum absolute atomic E-state index is 13.1. The molecular formula is C26H31N3O4. The summed E-state index contributed by atoms with van der Waals surface area (Å²) in [6.07, 6.45) is 2.45. The SMILES string of the molecule is COCCCNC(=O)C(C)C1CCN(C(=O)c2ccc3oc(-c4ccccc4)nc3c2)CC1. The molecule has 1 N–H and O–H groups in total. The van der Waals surface area contributed by atoms with Gasteiger partial charge < -0.3 is 19.4 Å². The summed E-state index contributed by atoms with van der Waals surface area (Å²) in [7, 11) is 1.66. The summed E-state index contributed by atoms with van der Waals surface area (Å²) >= 11 is 0. The first-order valence-corrected chi connectivity index (χ1v) is 11.6. The van der Waals surface area contributed by atoms with Crippen LogP contribution >= 0.6 is 0 Å². The molecule has 2 amide bonds. The van der Waals surface area contributed by atoms with E-state index >= 15 is 0 Å². The van der Waals surface area contributed by atoms with Crippen LogP contribution < -0.4 is 5.32 Å². The van der Waals surface area contributed by atoms with Crippen LogP contribution in [0.1, 0.15) is 36.5 Å². The molecule has 1 atom stereocenters. The predicted octanol–water partition coefficient (Wildman–Crippen LogP) is 4.14. The van der Waals surface area contributed by atoms with Crippen LogP contribution in [0.3, 0.4) is 0 Å². The summed E-state index contributed by atoms with van der Waals surface area (Å²) in [5.74, 6) is 0.846. The molecule has 7 heteroatoms. The van der Waals surface area contributed by atoms with E-state index in [1.807, 2.05) is 48.2 Å². The molecule has 1 unspecified atom stereocenters. The van der Waals surface area contributed by atoms with Crippen molar-refractivity contribution in [1.29, 1.82) is 0 Å². The lowest BCUT2D eigenvalue weighted by Crippen LogP contribution is -2.42. The fraction of sp³-hybridized carbons (Fsp3) is 0.423. The van der Waals surface area contributed by atoms with E-state index in [-0.39, 0.29) is 23.7 Å². The molecule has 0 aliphatic carbocycles. The van der Waals surface area contributed by atoms with Gasteiger partial charge in [0, 0.05) is 50.4 Å². The van der Waals surface area contributed by atoms with E-state index in [4.69, 9.17) is 9.15 Å². The average Bonchev–Trinajstić information content (AvgIpc) is 3.30. The zero-order chi connectivity index (χ0) is 23.2. The molecule has 3 aromatic rings. The summed E-state index contributed by atoms with van der Waals surface area (Å²) < 4.78 is 10.9. The van der Waals surface area contributed by atoms with Gasteiger partial charge in [-0.2, -0.15) is 0 Å². The van der Waals surface area contributed by atoms with Gasteiger partial charge in [-0.15, -0.1) is 0 Å². The number of nitrogens with one attached hydrogen (secondary N) is 1. The number of amides is 2. The minimum Gasteiger partial charge on any atom is -0.436 e. The quantitative estimate of drug-likeness (QED) is 0.523. The Morgan fingerprint density at radius 2 is 1.94 bits per heavy atom. The number of rotatable bonds is 8. The number of fused-ring (bicyclic) bond motifs is 1. The highest BCUT2D eigenvalue weighted by atomic mass is 16.5. The molecule has 33 heavy (non-hydrogen) atoms. The van der Waals surface area contributed by atoms with Crippen molar-refractivity contribution in [3.8, 4) is 11.5 Å². The van der Waals surface area contributed by atoms with Crippen molar-refractivity contribution in [3.05, 3.63) is 54.1 Å². The minimum absolute atomic E-state index is 0.00344. The number of nitrogens with zero attached hydrogens (tertiary/aromatic N) is 2. The second kappa shape index (κ2) is 10.6. The van der Waals surface area contributed by atoms with Crippen LogP contribution in [-0.4, -0.2) is 55.0 Å². The highest BCUT2D eigenvalue weighted by Gasteiger charge is 2.30. The molecule has 1 saturated heterocycles. The predicted molar refractivity (Wildman–Crippen MR) is 127 cm³/mol. The number of ether oxygens (including phenoxy) is 1. The number of hydrogen-bond donors (Lipinski definition) is 1. The van der Waals surface area contributed by atoms with E-state index in [2.05, 4.69) is 10.3 Å². The number of benzene rings is 2. The third-order valence-electron chi connectivity index (χ3n) is 6.43. The lowest BCUT2D eigenvalue weighted by Gasteiger charge is -2.34. The van der Waals surface area contributed by atoms with Crippen molar-refractivity contribution in [1.82, 2.24) is 15.2 Å². The number of carbonyl (C=O) groups excluding carboxylic acids is 2. The molecule has 1 aliphatic heterocycles. The van der Waals surface area contributed by atoms with Crippen LogP contribution in [0.2, 0.25) is 0 Å². The Kier molecular flexibility index (Phi) is 7.40. The van der Waals surface area contributed by atoms with E-state index in [1.54, 1.807) is 19.2 Å². The Morgan fingerprint density at radius 3 is 2.67 bits per heavy atom.